The normalized spacial score (nSPS) is 14.7. The van der Waals surface area contributed by atoms with Crippen molar-refractivity contribution in [3.63, 3.8) is 0 Å². The molecule has 1 heterocycles. The van der Waals surface area contributed by atoms with Gasteiger partial charge in [-0.05, 0) is 30.7 Å². The summed E-state index contributed by atoms with van der Waals surface area (Å²) in [5.41, 5.74) is 2.42. The second-order valence-corrected chi connectivity index (χ2v) is 5.96. The van der Waals surface area contributed by atoms with Crippen molar-refractivity contribution in [2.75, 3.05) is 70.3 Å². The fourth-order valence-electron chi connectivity index (χ4n) is 2.65. The summed E-state index contributed by atoms with van der Waals surface area (Å²) in [5.74, 6) is 0. The summed E-state index contributed by atoms with van der Waals surface area (Å²) in [4.78, 5) is 18.4. The average Bonchev–Trinajstić information content (AvgIpc) is 2.59. The molecule has 6 heteroatoms. The molecule has 23 heavy (non-hydrogen) atoms. The molecule has 0 atom stereocenters. The zero-order chi connectivity index (χ0) is 16.7. The van der Waals surface area contributed by atoms with Crippen LogP contribution in [-0.4, -0.2) is 71.5 Å². The molecule has 0 bridgehead atoms. The van der Waals surface area contributed by atoms with Crippen LogP contribution in [0.4, 0.5) is 16.2 Å². The Morgan fingerprint density at radius 1 is 1.17 bits per heavy atom. The number of hydrogen-bond acceptors (Lipinski definition) is 4. The van der Waals surface area contributed by atoms with E-state index < -0.39 is 0 Å². The van der Waals surface area contributed by atoms with Crippen molar-refractivity contribution in [1.29, 1.82) is 0 Å². The largest absolute Gasteiger partial charge is 0.385 e. The van der Waals surface area contributed by atoms with E-state index in [1.165, 1.54) is 11.4 Å². The molecule has 0 radical (unpaired) electrons. The first-order valence-electron chi connectivity index (χ1n) is 8.16. The Morgan fingerprint density at radius 2 is 1.83 bits per heavy atom. The predicted molar refractivity (Wildman–Crippen MR) is 94.4 cm³/mol. The van der Waals surface area contributed by atoms with Gasteiger partial charge in [-0.2, -0.15) is 0 Å². The Balaban J connectivity index is 1.78. The van der Waals surface area contributed by atoms with Crippen LogP contribution in [-0.2, 0) is 4.74 Å². The van der Waals surface area contributed by atoms with Gasteiger partial charge in [-0.25, -0.2) is 4.79 Å². The van der Waals surface area contributed by atoms with Gasteiger partial charge >= 0.3 is 6.03 Å². The van der Waals surface area contributed by atoms with E-state index in [0.29, 0.717) is 13.2 Å². The molecule has 1 fully saturated rings. The molecule has 2 rings (SSSR count). The maximum Gasteiger partial charge on any atom is 0.317 e. The predicted octanol–water partition coefficient (Wildman–Crippen LogP) is 1.62. The van der Waals surface area contributed by atoms with Gasteiger partial charge in [0.05, 0.1) is 0 Å². The van der Waals surface area contributed by atoms with Gasteiger partial charge in [0.2, 0.25) is 0 Å². The van der Waals surface area contributed by atoms with Crippen LogP contribution in [0.15, 0.2) is 24.3 Å². The number of nitrogens with zero attached hydrogens (tertiary/aromatic N) is 3. The number of ether oxygens (including phenoxy) is 1. The van der Waals surface area contributed by atoms with E-state index >= 15 is 0 Å². The van der Waals surface area contributed by atoms with Crippen LogP contribution >= 0.6 is 0 Å². The van der Waals surface area contributed by atoms with Gasteiger partial charge in [-0.3, -0.25) is 0 Å². The number of rotatable bonds is 6. The number of anilines is 2. The second-order valence-electron chi connectivity index (χ2n) is 5.96. The maximum absolute atomic E-state index is 12.1. The minimum atomic E-state index is 0.0312. The lowest BCUT2D eigenvalue weighted by Crippen LogP contribution is -2.52. The summed E-state index contributed by atoms with van der Waals surface area (Å²) < 4.78 is 4.98. The van der Waals surface area contributed by atoms with Gasteiger partial charge in [0.15, 0.2) is 0 Å². The van der Waals surface area contributed by atoms with Gasteiger partial charge in [0.1, 0.15) is 0 Å². The van der Waals surface area contributed by atoms with Crippen LogP contribution in [0.5, 0.6) is 0 Å². The third-order valence-electron chi connectivity index (χ3n) is 4.10. The maximum atomic E-state index is 12.1. The van der Waals surface area contributed by atoms with Crippen molar-refractivity contribution in [2.45, 2.75) is 6.42 Å². The lowest BCUT2D eigenvalue weighted by atomic mass is 10.2. The zero-order valence-corrected chi connectivity index (χ0v) is 14.4. The standard InChI is InChI=1S/C17H28N4O2/c1-19(2)15-5-7-16(8-6-15)20-10-12-21(13-11-20)17(22)18-9-4-14-23-3/h5-8H,4,9-14H2,1-3H3,(H,18,22). The molecule has 1 saturated heterocycles. The van der Waals surface area contributed by atoms with Crippen molar-refractivity contribution < 1.29 is 9.53 Å². The Kier molecular flexibility index (Phi) is 6.52. The van der Waals surface area contributed by atoms with Gasteiger partial charge in [-0.15, -0.1) is 0 Å². The average molecular weight is 320 g/mol. The fraction of sp³-hybridized carbons (Fsp3) is 0.588. The van der Waals surface area contributed by atoms with Crippen LogP contribution in [0.3, 0.4) is 0 Å². The van der Waals surface area contributed by atoms with Gasteiger partial charge in [-0.1, -0.05) is 0 Å². The van der Waals surface area contributed by atoms with Crippen LogP contribution < -0.4 is 15.1 Å². The zero-order valence-electron chi connectivity index (χ0n) is 14.4. The molecule has 0 saturated carbocycles. The first kappa shape index (κ1) is 17.4. The van der Waals surface area contributed by atoms with Crippen molar-refractivity contribution >= 4 is 17.4 Å². The monoisotopic (exact) mass is 320 g/mol. The molecule has 0 unspecified atom stereocenters. The van der Waals surface area contributed by atoms with Gasteiger partial charge < -0.3 is 24.8 Å². The van der Waals surface area contributed by atoms with E-state index in [2.05, 4.69) is 39.4 Å². The van der Waals surface area contributed by atoms with Crippen molar-refractivity contribution in [1.82, 2.24) is 10.2 Å². The molecule has 1 N–H and O–H groups in total. The number of hydrogen-bond donors (Lipinski definition) is 1. The fourth-order valence-corrected chi connectivity index (χ4v) is 2.65. The quantitative estimate of drug-likeness (QED) is 0.809. The van der Waals surface area contributed by atoms with Crippen molar-refractivity contribution in [3.8, 4) is 0 Å². The smallest absolute Gasteiger partial charge is 0.317 e. The summed E-state index contributed by atoms with van der Waals surface area (Å²) in [5, 5.41) is 2.94. The van der Waals surface area contributed by atoms with E-state index in [4.69, 9.17) is 4.74 Å². The molecule has 1 aliphatic rings. The molecular formula is C17H28N4O2. The Labute approximate surface area is 139 Å². The van der Waals surface area contributed by atoms with Crippen molar-refractivity contribution in [2.24, 2.45) is 0 Å². The molecular weight excluding hydrogens is 292 g/mol. The summed E-state index contributed by atoms with van der Waals surface area (Å²) in [7, 11) is 5.75. The molecule has 128 valence electrons. The number of carbonyl (C=O) groups excluding carboxylic acids is 1. The Bertz CT molecular complexity index is 482. The summed E-state index contributed by atoms with van der Waals surface area (Å²) in [6.07, 6.45) is 0.848. The molecule has 1 aromatic rings. The SMILES string of the molecule is COCCCNC(=O)N1CCN(c2ccc(N(C)C)cc2)CC1. The third kappa shape index (κ3) is 5.03. The van der Waals surface area contributed by atoms with E-state index in [0.717, 1.165) is 32.6 Å². The number of benzene rings is 1. The number of methoxy groups -OCH3 is 1. The molecule has 6 nitrogen and oxygen atoms in total. The molecule has 2 amide bonds. The lowest BCUT2D eigenvalue weighted by Gasteiger charge is -2.36. The van der Waals surface area contributed by atoms with Crippen LogP contribution in [0.2, 0.25) is 0 Å². The molecule has 0 aliphatic carbocycles. The lowest BCUT2D eigenvalue weighted by molar-refractivity contribution is 0.183. The highest BCUT2D eigenvalue weighted by molar-refractivity contribution is 5.74. The first-order chi connectivity index (χ1) is 11.1. The van der Waals surface area contributed by atoms with Crippen LogP contribution in [0.1, 0.15) is 6.42 Å². The Morgan fingerprint density at radius 3 is 2.39 bits per heavy atom. The van der Waals surface area contributed by atoms with Gasteiger partial charge in [0, 0.05) is 71.9 Å². The van der Waals surface area contributed by atoms with E-state index in [1.807, 2.05) is 19.0 Å². The number of amides is 2. The van der Waals surface area contributed by atoms with Gasteiger partial charge in [0.25, 0.3) is 0 Å². The first-order valence-corrected chi connectivity index (χ1v) is 8.16. The van der Waals surface area contributed by atoms with E-state index in [1.54, 1.807) is 7.11 Å². The topological polar surface area (TPSA) is 48.1 Å². The summed E-state index contributed by atoms with van der Waals surface area (Å²) in [6, 6.07) is 8.59. The molecule has 0 aromatic heterocycles. The number of urea groups is 1. The molecule has 1 aromatic carbocycles. The second kappa shape index (κ2) is 8.62. The number of nitrogens with one attached hydrogen (secondary N) is 1. The van der Waals surface area contributed by atoms with Crippen LogP contribution in [0.25, 0.3) is 0 Å². The molecule has 1 aliphatic heterocycles. The van der Waals surface area contributed by atoms with Crippen molar-refractivity contribution in [3.05, 3.63) is 24.3 Å². The van der Waals surface area contributed by atoms with Crippen LogP contribution in [0, 0.1) is 0 Å². The number of carbonyl (C=O) groups is 1. The number of piperazine rings is 1. The van der Waals surface area contributed by atoms with E-state index in [9.17, 15) is 4.79 Å². The summed E-state index contributed by atoms with van der Waals surface area (Å²) in [6.45, 7) is 4.59. The molecule has 0 spiro atoms. The third-order valence-corrected chi connectivity index (χ3v) is 4.10. The van der Waals surface area contributed by atoms with E-state index in [-0.39, 0.29) is 6.03 Å². The minimum Gasteiger partial charge on any atom is -0.385 e. The highest BCUT2D eigenvalue weighted by Crippen LogP contribution is 2.20. The minimum absolute atomic E-state index is 0.0312. The Hall–Kier alpha value is -1.95. The summed E-state index contributed by atoms with van der Waals surface area (Å²) >= 11 is 0. The highest BCUT2D eigenvalue weighted by Gasteiger charge is 2.20. The highest BCUT2D eigenvalue weighted by atomic mass is 16.5.